The summed E-state index contributed by atoms with van der Waals surface area (Å²) in [6.07, 6.45) is -4.95. The average Bonchev–Trinajstić information content (AvgIpc) is 2.21. The van der Waals surface area contributed by atoms with E-state index in [0.717, 1.165) is 17.8 Å². The van der Waals surface area contributed by atoms with Crippen molar-refractivity contribution in [3.63, 3.8) is 0 Å². The van der Waals surface area contributed by atoms with Crippen molar-refractivity contribution >= 4 is 35.0 Å². The van der Waals surface area contributed by atoms with Crippen molar-refractivity contribution < 1.29 is 18.0 Å². The molecule has 0 unspecified atom stereocenters. The molecule has 0 aliphatic heterocycles. The number of nitrogens with one attached hydrogen (secondary N) is 1. The molecule has 1 N–H and O–H groups in total. The zero-order valence-corrected chi connectivity index (χ0v) is 9.58. The van der Waals surface area contributed by atoms with Gasteiger partial charge in [-0.1, -0.05) is 11.6 Å². The van der Waals surface area contributed by atoms with E-state index in [4.69, 9.17) is 16.9 Å². The number of amides is 1. The van der Waals surface area contributed by atoms with Crippen LogP contribution in [0, 0.1) is 10.7 Å². The third-order valence-electron chi connectivity index (χ3n) is 1.60. The molecule has 0 bridgehead atoms. The van der Waals surface area contributed by atoms with Crippen LogP contribution in [0.1, 0.15) is 0 Å². The Morgan fingerprint density at radius 1 is 1.47 bits per heavy atom. The molecule has 8 heteroatoms. The van der Waals surface area contributed by atoms with Crippen molar-refractivity contribution in [1.82, 2.24) is 0 Å². The van der Waals surface area contributed by atoms with Crippen LogP contribution in [-0.2, 0) is 4.79 Å². The Morgan fingerprint density at radius 3 is 2.59 bits per heavy atom. The second kappa shape index (κ2) is 5.29. The van der Waals surface area contributed by atoms with Gasteiger partial charge < -0.3 is 5.32 Å². The molecule has 17 heavy (non-hydrogen) atoms. The highest BCUT2D eigenvalue weighted by molar-refractivity contribution is 8.03. The van der Waals surface area contributed by atoms with Gasteiger partial charge in [0.25, 0.3) is 0 Å². The summed E-state index contributed by atoms with van der Waals surface area (Å²) in [6.45, 7) is 0. The van der Waals surface area contributed by atoms with Crippen LogP contribution in [0.2, 0.25) is 5.02 Å². The smallest absolute Gasteiger partial charge is 0.318 e. The molecule has 90 valence electrons. The zero-order valence-electron chi connectivity index (χ0n) is 8.01. The predicted octanol–water partition coefficient (Wildman–Crippen LogP) is 3.41. The maximum absolute atomic E-state index is 11.9. The number of carbonyl (C=O) groups excluding carboxylic acids is 1. The Morgan fingerprint density at radius 2 is 2.12 bits per heavy atom. The minimum Gasteiger partial charge on any atom is -0.318 e. The number of alkyl halides is 3. The number of thiocyanates is 1. The number of nitriles is 1. The monoisotopic (exact) mass is 280 g/mol. The molecule has 0 saturated heterocycles. The zero-order chi connectivity index (χ0) is 13.1. The number of halogens is 4. The highest BCUT2D eigenvalue weighted by Gasteiger charge is 2.38. The molecule has 1 aromatic rings. The van der Waals surface area contributed by atoms with Gasteiger partial charge in [-0.2, -0.15) is 18.4 Å². The lowest BCUT2D eigenvalue weighted by Gasteiger charge is -2.08. The summed E-state index contributed by atoms with van der Waals surface area (Å²) in [7, 11) is 0. The molecule has 1 rings (SSSR count). The van der Waals surface area contributed by atoms with Gasteiger partial charge in [-0.15, -0.1) is 0 Å². The van der Waals surface area contributed by atoms with Gasteiger partial charge >= 0.3 is 12.1 Å². The first-order chi connectivity index (χ1) is 7.84. The van der Waals surface area contributed by atoms with E-state index in [1.54, 1.807) is 10.7 Å². The van der Waals surface area contributed by atoms with Crippen LogP contribution in [0.5, 0.6) is 0 Å². The summed E-state index contributed by atoms with van der Waals surface area (Å²) in [4.78, 5) is 11.0. The van der Waals surface area contributed by atoms with Crippen LogP contribution < -0.4 is 5.32 Å². The van der Waals surface area contributed by atoms with Crippen molar-refractivity contribution in [2.24, 2.45) is 0 Å². The van der Waals surface area contributed by atoms with E-state index in [0.29, 0.717) is 4.90 Å². The molecule has 1 amide bonds. The van der Waals surface area contributed by atoms with Crippen LogP contribution in [0.4, 0.5) is 18.9 Å². The fraction of sp³-hybridized carbons (Fsp3) is 0.111. The molecule has 0 saturated carbocycles. The highest BCUT2D eigenvalue weighted by Crippen LogP contribution is 2.29. The first kappa shape index (κ1) is 13.7. The normalized spacial score (nSPS) is 10.8. The third-order valence-corrected chi connectivity index (χ3v) is 2.69. The van der Waals surface area contributed by atoms with Crippen molar-refractivity contribution in [1.29, 1.82) is 5.26 Å². The number of anilines is 1. The molecule has 0 radical (unpaired) electrons. The topological polar surface area (TPSA) is 52.9 Å². The molecule has 0 aliphatic carbocycles. The van der Waals surface area contributed by atoms with Crippen LogP contribution in [-0.4, -0.2) is 12.1 Å². The number of hydrogen-bond acceptors (Lipinski definition) is 3. The summed E-state index contributed by atoms with van der Waals surface area (Å²) in [5.74, 6) is -2.07. The molecule has 1 aromatic carbocycles. The van der Waals surface area contributed by atoms with Gasteiger partial charge in [-0.3, -0.25) is 4.79 Å². The maximum atomic E-state index is 11.9. The molecular formula is C9H4ClF3N2OS. The Kier molecular flexibility index (Phi) is 4.26. The molecule has 0 atom stereocenters. The van der Waals surface area contributed by atoms with E-state index < -0.39 is 12.1 Å². The summed E-state index contributed by atoms with van der Waals surface area (Å²) in [6, 6.07) is 3.72. The summed E-state index contributed by atoms with van der Waals surface area (Å²) in [5.41, 5.74) is -0.0837. The molecule has 0 spiro atoms. The standard InChI is InChI=1S/C9H4ClF3N2OS/c10-6-3-5(1-2-7(6)17-4-14)15-8(16)9(11,12)13/h1-3H,(H,15,16). The van der Waals surface area contributed by atoms with Crippen LogP contribution in [0.25, 0.3) is 0 Å². The van der Waals surface area contributed by atoms with E-state index in [1.165, 1.54) is 12.1 Å². The maximum Gasteiger partial charge on any atom is 0.471 e. The second-order valence-corrected chi connectivity index (χ2v) is 4.02. The number of hydrogen-bond donors (Lipinski definition) is 1. The number of nitrogens with zero attached hydrogens (tertiary/aromatic N) is 1. The molecular weight excluding hydrogens is 277 g/mol. The average molecular weight is 281 g/mol. The second-order valence-electron chi connectivity index (χ2n) is 2.79. The molecule has 0 fully saturated rings. The molecule has 3 nitrogen and oxygen atoms in total. The number of rotatable bonds is 2. The highest BCUT2D eigenvalue weighted by atomic mass is 35.5. The van der Waals surface area contributed by atoms with E-state index in [-0.39, 0.29) is 10.7 Å². The van der Waals surface area contributed by atoms with Crippen molar-refractivity contribution in [2.45, 2.75) is 11.1 Å². The number of benzene rings is 1. The SMILES string of the molecule is N#CSc1ccc(NC(=O)C(F)(F)F)cc1Cl. The Bertz CT molecular complexity index is 484. The largest absolute Gasteiger partial charge is 0.471 e. The number of thioether (sulfide) groups is 1. The first-order valence-electron chi connectivity index (χ1n) is 4.08. The van der Waals surface area contributed by atoms with Crippen LogP contribution in [0.15, 0.2) is 23.1 Å². The van der Waals surface area contributed by atoms with E-state index in [2.05, 4.69) is 0 Å². The van der Waals surface area contributed by atoms with Gasteiger partial charge in [0.15, 0.2) is 0 Å². The summed E-state index contributed by atoms with van der Waals surface area (Å²) in [5, 5.41) is 11.9. The Labute approximate surface area is 104 Å². The summed E-state index contributed by atoms with van der Waals surface area (Å²) < 4.78 is 35.8. The lowest BCUT2D eigenvalue weighted by Crippen LogP contribution is -2.29. The van der Waals surface area contributed by atoms with E-state index in [1.807, 2.05) is 0 Å². The van der Waals surface area contributed by atoms with Crippen LogP contribution in [0.3, 0.4) is 0 Å². The quantitative estimate of drug-likeness (QED) is 0.667. The van der Waals surface area contributed by atoms with Crippen molar-refractivity contribution in [3.8, 4) is 5.40 Å². The van der Waals surface area contributed by atoms with Gasteiger partial charge in [-0.25, -0.2) is 0 Å². The van der Waals surface area contributed by atoms with Gasteiger partial charge in [-0.05, 0) is 30.0 Å². The van der Waals surface area contributed by atoms with Gasteiger partial charge in [0, 0.05) is 10.6 Å². The lowest BCUT2D eigenvalue weighted by atomic mass is 10.3. The Hall–Kier alpha value is -1.39. The lowest BCUT2D eigenvalue weighted by molar-refractivity contribution is -0.167. The fourth-order valence-electron chi connectivity index (χ4n) is 0.913. The minimum absolute atomic E-state index is 0.0837. The van der Waals surface area contributed by atoms with Crippen molar-refractivity contribution in [3.05, 3.63) is 23.2 Å². The minimum atomic E-state index is -4.95. The molecule has 0 aliphatic rings. The first-order valence-corrected chi connectivity index (χ1v) is 5.27. The van der Waals surface area contributed by atoms with E-state index >= 15 is 0 Å². The molecule has 0 aromatic heterocycles. The predicted molar refractivity (Wildman–Crippen MR) is 57.6 cm³/mol. The van der Waals surface area contributed by atoms with Gasteiger partial charge in [0.05, 0.1) is 5.02 Å². The molecule has 0 heterocycles. The van der Waals surface area contributed by atoms with Gasteiger partial charge in [0.1, 0.15) is 5.40 Å². The number of carbonyl (C=O) groups is 1. The third kappa shape index (κ3) is 3.84. The fourth-order valence-corrected chi connectivity index (χ4v) is 1.60. The Balaban J connectivity index is 2.85. The van der Waals surface area contributed by atoms with Crippen molar-refractivity contribution in [2.75, 3.05) is 5.32 Å². The van der Waals surface area contributed by atoms with E-state index in [9.17, 15) is 18.0 Å². The van der Waals surface area contributed by atoms with Gasteiger partial charge in [0.2, 0.25) is 0 Å². The van der Waals surface area contributed by atoms with Crippen LogP contribution >= 0.6 is 23.4 Å². The summed E-state index contributed by atoms with van der Waals surface area (Å²) >= 11 is 6.48.